The summed E-state index contributed by atoms with van der Waals surface area (Å²) in [5, 5.41) is 17.3. The highest BCUT2D eigenvalue weighted by Gasteiger charge is 2.24. The van der Waals surface area contributed by atoms with E-state index in [1.54, 1.807) is 7.11 Å². The predicted octanol–water partition coefficient (Wildman–Crippen LogP) is 3.41. The van der Waals surface area contributed by atoms with Crippen LogP contribution >= 0.6 is 24.0 Å². The maximum Gasteiger partial charge on any atom is 0.126 e. The number of ether oxygens (including phenoxy) is 1. The van der Waals surface area contributed by atoms with E-state index in [1.807, 2.05) is 24.3 Å². The molecule has 1 aromatic rings. The average molecular weight is 274 g/mol. The Morgan fingerprint density at radius 3 is 2.83 bits per heavy atom. The Morgan fingerprint density at radius 2 is 2.17 bits per heavy atom. The molecule has 5 heteroatoms. The highest BCUT2D eigenvalue weighted by molar-refractivity contribution is 8.33. The predicted molar refractivity (Wildman–Crippen MR) is 78.1 cm³/mol. The smallest absolute Gasteiger partial charge is 0.126 e. The van der Waals surface area contributed by atoms with Gasteiger partial charge < -0.3 is 4.74 Å². The Hall–Kier alpha value is -1.64. The molecular formula is C13H10N2OS2. The molecule has 0 aliphatic carbocycles. The van der Waals surface area contributed by atoms with E-state index >= 15 is 0 Å². The quantitative estimate of drug-likeness (QED) is 0.840. The molecule has 0 radical (unpaired) electrons. The van der Waals surface area contributed by atoms with Gasteiger partial charge in [-0.05, 0) is 11.6 Å². The zero-order chi connectivity index (χ0) is 13.1. The zero-order valence-electron chi connectivity index (χ0n) is 9.69. The molecule has 1 aliphatic heterocycles. The summed E-state index contributed by atoms with van der Waals surface area (Å²) in [5.41, 5.74) is 2.01. The van der Waals surface area contributed by atoms with Crippen molar-refractivity contribution in [2.45, 2.75) is 6.42 Å². The molecule has 2 rings (SSSR count). The lowest BCUT2D eigenvalue weighted by atomic mass is 9.97. The van der Waals surface area contributed by atoms with Crippen molar-refractivity contribution in [2.75, 3.05) is 7.11 Å². The first-order valence-electron chi connectivity index (χ1n) is 5.23. The molecule has 0 amide bonds. The van der Waals surface area contributed by atoms with E-state index in [0.29, 0.717) is 21.9 Å². The molecule has 0 unspecified atom stereocenters. The number of benzene rings is 1. The molecular weight excluding hydrogens is 264 g/mol. The highest BCUT2D eigenvalue weighted by Crippen LogP contribution is 2.37. The molecule has 3 nitrogen and oxygen atoms in total. The Bertz CT molecular complexity index is 599. The molecule has 90 valence electrons. The number of thioether (sulfide) groups is 1. The van der Waals surface area contributed by atoms with Crippen molar-refractivity contribution in [2.24, 2.45) is 0 Å². The van der Waals surface area contributed by atoms with Crippen molar-refractivity contribution >= 4 is 38.8 Å². The first-order valence-corrected chi connectivity index (χ1v) is 6.46. The summed E-state index contributed by atoms with van der Waals surface area (Å²) in [6.07, 6.45) is 0.519. The van der Waals surface area contributed by atoms with Crippen molar-refractivity contribution in [3.05, 3.63) is 35.4 Å². The largest absolute Gasteiger partial charge is 0.496 e. The van der Waals surface area contributed by atoms with Crippen LogP contribution in [0.15, 0.2) is 29.8 Å². The number of hydrogen-bond donors (Lipinski definition) is 1. The van der Waals surface area contributed by atoms with Gasteiger partial charge in [-0.2, -0.15) is 5.26 Å². The van der Waals surface area contributed by atoms with Crippen LogP contribution in [0.5, 0.6) is 5.75 Å². The summed E-state index contributed by atoms with van der Waals surface area (Å²) < 4.78 is 6.01. The number of para-hydroxylation sites is 1. The van der Waals surface area contributed by atoms with Crippen LogP contribution in [0.4, 0.5) is 0 Å². The van der Waals surface area contributed by atoms with Gasteiger partial charge in [0.05, 0.1) is 16.9 Å². The van der Waals surface area contributed by atoms with Gasteiger partial charge in [0.1, 0.15) is 16.9 Å². The summed E-state index contributed by atoms with van der Waals surface area (Å²) in [5.74, 6) is 0.697. The molecule has 1 aliphatic rings. The molecule has 0 aromatic heterocycles. The second-order valence-electron chi connectivity index (χ2n) is 3.65. The van der Waals surface area contributed by atoms with E-state index in [9.17, 15) is 5.26 Å². The van der Waals surface area contributed by atoms with Gasteiger partial charge in [0.15, 0.2) is 0 Å². The molecule has 0 saturated heterocycles. The lowest BCUT2D eigenvalue weighted by Gasteiger charge is -2.19. The van der Waals surface area contributed by atoms with Crippen LogP contribution in [0, 0.1) is 16.7 Å². The van der Waals surface area contributed by atoms with E-state index in [0.717, 1.165) is 11.1 Å². The fraction of sp³-hybridized carbons (Fsp3) is 0.154. The summed E-state index contributed by atoms with van der Waals surface area (Å²) in [4.78, 5) is 0. The number of thiocarbonyl (C=S) groups is 1. The van der Waals surface area contributed by atoms with Gasteiger partial charge in [-0.1, -0.05) is 42.2 Å². The van der Waals surface area contributed by atoms with E-state index in [1.165, 1.54) is 11.8 Å². The molecule has 0 bridgehead atoms. The van der Waals surface area contributed by atoms with Crippen molar-refractivity contribution < 1.29 is 4.74 Å². The van der Waals surface area contributed by atoms with Gasteiger partial charge in [-0.15, -0.1) is 0 Å². The number of nitrogens with one attached hydrogen (secondary N) is 1. The van der Waals surface area contributed by atoms with Gasteiger partial charge in [0, 0.05) is 12.0 Å². The normalized spacial score (nSPS) is 15.6. The van der Waals surface area contributed by atoms with E-state index in [2.05, 4.69) is 6.07 Å². The minimum Gasteiger partial charge on any atom is -0.496 e. The highest BCUT2D eigenvalue weighted by atomic mass is 32.2. The van der Waals surface area contributed by atoms with E-state index in [-0.39, 0.29) is 5.04 Å². The van der Waals surface area contributed by atoms with Crippen LogP contribution in [0.2, 0.25) is 0 Å². The maximum absolute atomic E-state index is 9.20. The Kier molecular flexibility index (Phi) is 3.80. The molecule has 1 aromatic carbocycles. The van der Waals surface area contributed by atoms with Crippen molar-refractivity contribution in [1.82, 2.24) is 0 Å². The van der Waals surface area contributed by atoms with Crippen LogP contribution in [0.3, 0.4) is 0 Å². The van der Waals surface area contributed by atoms with E-state index < -0.39 is 0 Å². The van der Waals surface area contributed by atoms with Crippen molar-refractivity contribution in [3.8, 4) is 11.8 Å². The summed E-state index contributed by atoms with van der Waals surface area (Å²) in [7, 11) is 1.59. The SMILES string of the molecule is COc1ccccc1C1=C(C#N)C(=N)SC(=S)C1. The van der Waals surface area contributed by atoms with E-state index in [4.69, 9.17) is 22.4 Å². The first kappa shape index (κ1) is 12.8. The minimum absolute atomic E-state index is 0.217. The fourth-order valence-corrected chi connectivity index (χ4v) is 2.92. The molecule has 0 saturated carbocycles. The second kappa shape index (κ2) is 5.34. The van der Waals surface area contributed by atoms with Gasteiger partial charge in [-0.3, -0.25) is 5.41 Å². The van der Waals surface area contributed by atoms with Crippen molar-refractivity contribution in [1.29, 1.82) is 10.7 Å². The van der Waals surface area contributed by atoms with Crippen LogP contribution in [0.1, 0.15) is 12.0 Å². The van der Waals surface area contributed by atoms with Gasteiger partial charge in [-0.25, -0.2) is 0 Å². The number of nitrogens with zero attached hydrogens (tertiary/aromatic N) is 1. The van der Waals surface area contributed by atoms with Crippen LogP contribution in [0.25, 0.3) is 5.57 Å². The number of nitriles is 1. The molecule has 0 spiro atoms. The second-order valence-corrected chi connectivity index (χ2v) is 5.50. The first-order chi connectivity index (χ1) is 8.67. The fourth-order valence-electron chi connectivity index (χ4n) is 1.81. The molecule has 1 N–H and O–H groups in total. The monoisotopic (exact) mass is 274 g/mol. The zero-order valence-corrected chi connectivity index (χ0v) is 11.3. The molecule has 0 fully saturated rings. The lowest BCUT2D eigenvalue weighted by Crippen LogP contribution is -2.11. The summed E-state index contributed by atoms with van der Waals surface area (Å²) in [6.45, 7) is 0. The third-order valence-electron chi connectivity index (χ3n) is 2.61. The molecule has 0 atom stereocenters. The Morgan fingerprint density at radius 1 is 1.44 bits per heavy atom. The minimum atomic E-state index is 0.217. The van der Waals surface area contributed by atoms with Crippen LogP contribution < -0.4 is 4.74 Å². The van der Waals surface area contributed by atoms with Crippen LogP contribution in [-0.2, 0) is 0 Å². The Labute approximate surface area is 115 Å². The van der Waals surface area contributed by atoms with Crippen molar-refractivity contribution in [3.63, 3.8) is 0 Å². The van der Waals surface area contributed by atoms with Gasteiger partial charge >= 0.3 is 0 Å². The topological polar surface area (TPSA) is 56.9 Å². The van der Waals surface area contributed by atoms with Gasteiger partial charge in [0.2, 0.25) is 0 Å². The third kappa shape index (κ3) is 2.30. The van der Waals surface area contributed by atoms with Gasteiger partial charge in [0.25, 0.3) is 0 Å². The van der Waals surface area contributed by atoms with Crippen LogP contribution in [-0.4, -0.2) is 16.4 Å². The third-order valence-corrected chi connectivity index (χ3v) is 3.78. The number of rotatable bonds is 2. The summed E-state index contributed by atoms with van der Waals surface area (Å²) >= 11 is 6.36. The number of methoxy groups -OCH3 is 1. The molecule has 18 heavy (non-hydrogen) atoms. The maximum atomic E-state index is 9.20. The average Bonchev–Trinajstić information content (AvgIpc) is 2.38. The number of allylic oxidation sites excluding steroid dienone is 1. The Balaban J connectivity index is 2.63. The standard InChI is InChI=1S/C13H10N2OS2/c1-16-11-5-3-2-4-8(11)9-6-12(17)18-13(15)10(9)7-14/h2-5,15H,6H2,1H3. The summed E-state index contributed by atoms with van der Waals surface area (Å²) in [6, 6.07) is 9.57. The number of hydrogen-bond acceptors (Lipinski definition) is 5. The lowest BCUT2D eigenvalue weighted by molar-refractivity contribution is 0.413. The molecule has 1 heterocycles.